The van der Waals surface area contributed by atoms with Crippen molar-refractivity contribution in [2.24, 2.45) is 0 Å². The van der Waals surface area contributed by atoms with E-state index in [0.717, 1.165) is 36.5 Å². The summed E-state index contributed by atoms with van der Waals surface area (Å²) in [6, 6.07) is 39.0. The first-order valence-corrected chi connectivity index (χ1v) is 14.7. The molecule has 0 radical (unpaired) electrons. The number of carbonyl (C=O) groups excluding carboxylic acids is 2. The Labute approximate surface area is 240 Å². The Morgan fingerprint density at radius 1 is 0.775 bits per heavy atom. The zero-order chi connectivity index (χ0) is 27.3. The Morgan fingerprint density at radius 3 is 2.20 bits per heavy atom. The number of amides is 2. The molecule has 2 N–H and O–H groups in total. The molecule has 5 aromatic carbocycles. The van der Waals surface area contributed by atoms with Gasteiger partial charge < -0.3 is 10.6 Å². The van der Waals surface area contributed by atoms with E-state index in [1.54, 1.807) is 0 Å². The SMILES string of the molecule is O=C(CSc1nc2ccc(NC(=O)c3cccc4ccccc34)cc2s1)NC(c1ccccc1)c1ccccc1. The maximum atomic E-state index is 13.1. The number of nitrogens with one attached hydrogen (secondary N) is 2. The van der Waals surface area contributed by atoms with E-state index in [1.165, 1.54) is 23.1 Å². The summed E-state index contributed by atoms with van der Waals surface area (Å²) in [5.41, 5.74) is 4.24. The smallest absolute Gasteiger partial charge is 0.256 e. The quantitative estimate of drug-likeness (QED) is 0.188. The Bertz CT molecular complexity index is 1760. The number of thiazole rings is 1. The molecule has 0 aliphatic carbocycles. The minimum atomic E-state index is -0.223. The third-order valence-electron chi connectivity index (χ3n) is 6.56. The molecule has 1 heterocycles. The van der Waals surface area contributed by atoms with Gasteiger partial charge in [-0.3, -0.25) is 9.59 Å². The van der Waals surface area contributed by atoms with E-state index in [1.807, 2.05) is 121 Å². The van der Waals surface area contributed by atoms with Gasteiger partial charge in [0.25, 0.3) is 5.91 Å². The summed E-state index contributed by atoms with van der Waals surface area (Å²) < 4.78 is 1.75. The van der Waals surface area contributed by atoms with E-state index < -0.39 is 0 Å². The van der Waals surface area contributed by atoms with E-state index >= 15 is 0 Å². The third kappa shape index (κ3) is 5.76. The Balaban J connectivity index is 1.13. The summed E-state index contributed by atoms with van der Waals surface area (Å²) in [5, 5.41) is 8.15. The van der Waals surface area contributed by atoms with Crippen LogP contribution in [0.5, 0.6) is 0 Å². The first-order valence-electron chi connectivity index (χ1n) is 12.9. The summed E-state index contributed by atoms with van der Waals surface area (Å²) >= 11 is 2.92. The van der Waals surface area contributed by atoms with Crippen molar-refractivity contribution in [2.45, 2.75) is 10.4 Å². The topological polar surface area (TPSA) is 71.1 Å². The monoisotopic (exact) mass is 559 g/mol. The van der Waals surface area contributed by atoms with E-state index in [9.17, 15) is 9.59 Å². The number of thioether (sulfide) groups is 1. The number of benzene rings is 5. The molecule has 0 spiro atoms. The molecular weight excluding hydrogens is 535 g/mol. The van der Waals surface area contributed by atoms with Gasteiger partial charge >= 0.3 is 0 Å². The molecule has 0 saturated heterocycles. The van der Waals surface area contributed by atoms with Crippen molar-refractivity contribution >= 4 is 61.6 Å². The third-order valence-corrected chi connectivity index (χ3v) is 8.72. The molecule has 0 atom stereocenters. The van der Waals surface area contributed by atoms with Crippen molar-refractivity contribution in [1.82, 2.24) is 10.3 Å². The van der Waals surface area contributed by atoms with Crippen LogP contribution in [-0.4, -0.2) is 22.6 Å². The fourth-order valence-electron chi connectivity index (χ4n) is 4.64. The fraction of sp³-hybridized carbons (Fsp3) is 0.0606. The molecule has 0 fully saturated rings. The van der Waals surface area contributed by atoms with Crippen LogP contribution in [0.25, 0.3) is 21.0 Å². The average Bonchev–Trinajstić information content (AvgIpc) is 3.41. The lowest BCUT2D eigenvalue weighted by Crippen LogP contribution is -2.30. The predicted octanol–water partition coefficient (Wildman–Crippen LogP) is 7.70. The van der Waals surface area contributed by atoms with Gasteiger partial charge in [0.15, 0.2) is 4.34 Å². The Kier molecular flexibility index (Phi) is 7.57. The summed E-state index contributed by atoms with van der Waals surface area (Å²) in [6.07, 6.45) is 0. The molecule has 0 bridgehead atoms. The number of aromatic nitrogens is 1. The van der Waals surface area contributed by atoms with Crippen LogP contribution >= 0.6 is 23.1 Å². The summed E-state index contributed by atoms with van der Waals surface area (Å²) in [7, 11) is 0. The van der Waals surface area contributed by atoms with Crippen LogP contribution < -0.4 is 10.6 Å². The number of nitrogens with zero attached hydrogens (tertiary/aromatic N) is 1. The number of rotatable bonds is 8. The largest absolute Gasteiger partial charge is 0.344 e. The molecule has 6 rings (SSSR count). The second kappa shape index (κ2) is 11.7. The second-order valence-electron chi connectivity index (χ2n) is 9.25. The van der Waals surface area contributed by atoms with Gasteiger partial charge in [-0.05, 0) is 46.2 Å². The predicted molar refractivity (Wildman–Crippen MR) is 165 cm³/mol. The van der Waals surface area contributed by atoms with Crippen molar-refractivity contribution in [3.05, 3.63) is 138 Å². The highest BCUT2D eigenvalue weighted by atomic mass is 32.2. The molecule has 40 heavy (non-hydrogen) atoms. The lowest BCUT2D eigenvalue weighted by atomic mass is 9.99. The fourth-order valence-corrected chi connectivity index (χ4v) is 6.56. The second-order valence-corrected chi connectivity index (χ2v) is 11.5. The van der Waals surface area contributed by atoms with Gasteiger partial charge in [-0.1, -0.05) is 109 Å². The highest BCUT2D eigenvalue weighted by Crippen LogP contribution is 2.32. The van der Waals surface area contributed by atoms with Crippen molar-refractivity contribution in [1.29, 1.82) is 0 Å². The minimum absolute atomic E-state index is 0.0648. The first kappa shape index (κ1) is 25.8. The van der Waals surface area contributed by atoms with Gasteiger partial charge in [0.05, 0.1) is 22.0 Å². The lowest BCUT2D eigenvalue weighted by molar-refractivity contribution is -0.119. The Hall–Kier alpha value is -4.46. The molecule has 0 aliphatic heterocycles. The molecule has 196 valence electrons. The molecule has 0 unspecified atom stereocenters. The lowest BCUT2D eigenvalue weighted by Gasteiger charge is -2.19. The average molecular weight is 560 g/mol. The molecule has 0 aliphatic rings. The zero-order valence-corrected chi connectivity index (χ0v) is 23.0. The standard InChI is InChI=1S/C33H25N3O2S2/c37-30(36-31(23-11-3-1-4-12-23)24-13-5-2-6-14-24)21-39-33-35-28-19-18-25(20-29(28)40-33)34-32(38)27-17-9-15-22-10-7-8-16-26(22)27/h1-20,31H,21H2,(H,34,38)(H,36,37). The van der Waals surface area contributed by atoms with E-state index in [-0.39, 0.29) is 23.6 Å². The van der Waals surface area contributed by atoms with Crippen LogP contribution in [0.2, 0.25) is 0 Å². The number of anilines is 1. The zero-order valence-electron chi connectivity index (χ0n) is 21.4. The molecule has 2 amide bonds. The van der Waals surface area contributed by atoms with Crippen molar-refractivity contribution in [3.63, 3.8) is 0 Å². The molecule has 6 aromatic rings. The van der Waals surface area contributed by atoms with Crippen molar-refractivity contribution < 1.29 is 9.59 Å². The summed E-state index contributed by atoms with van der Waals surface area (Å²) in [5.74, 6) is 0.0315. The van der Waals surface area contributed by atoms with E-state index in [2.05, 4.69) is 15.6 Å². The van der Waals surface area contributed by atoms with Crippen LogP contribution in [0.4, 0.5) is 5.69 Å². The van der Waals surface area contributed by atoms with Crippen molar-refractivity contribution in [3.8, 4) is 0 Å². The van der Waals surface area contributed by atoms with Gasteiger partial charge in [0, 0.05) is 11.3 Å². The van der Waals surface area contributed by atoms with Crippen LogP contribution in [0.1, 0.15) is 27.5 Å². The van der Waals surface area contributed by atoms with Crippen LogP contribution in [0.15, 0.2) is 126 Å². The highest BCUT2D eigenvalue weighted by molar-refractivity contribution is 8.01. The van der Waals surface area contributed by atoms with E-state index in [4.69, 9.17) is 0 Å². The summed E-state index contributed by atoms with van der Waals surface area (Å²) in [4.78, 5) is 30.7. The van der Waals surface area contributed by atoms with Crippen LogP contribution in [0.3, 0.4) is 0 Å². The number of hydrogen-bond donors (Lipinski definition) is 2. The minimum Gasteiger partial charge on any atom is -0.344 e. The number of carbonyl (C=O) groups is 2. The number of fused-ring (bicyclic) bond motifs is 2. The highest BCUT2D eigenvalue weighted by Gasteiger charge is 2.17. The molecule has 1 aromatic heterocycles. The van der Waals surface area contributed by atoms with E-state index in [0.29, 0.717) is 11.3 Å². The first-order chi connectivity index (χ1) is 19.6. The number of hydrogen-bond acceptors (Lipinski definition) is 5. The maximum Gasteiger partial charge on any atom is 0.256 e. The molecule has 0 saturated carbocycles. The maximum absolute atomic E-state index is 13.1. The molecule has 5 nitrogen and oxygen atoms in total. The Morgan fingerprint density at radius 2 is 1.45 bits per heavy atom. The molecule has 7 heteroatoms. The van der Waals surface area contributed by atoms with Gasteiger partial charge in [-0.15, -0.1) is 11.3 Å². The van der Waals surface area contributed by atoms with Gasteiger partial charge in [0.1, 0.15) is 0 Å². The van der Waals surface area contributed by atoms with Crippen LogP contribution in [-0.2, 0) is 4.79 Å². The summed E-state index contributed by atoms with van der Waals surface area (Å²) in [6.45, 7) is 0. The molecular formula is C33H25N3O2S2. The normalized spacial score (nSPS) is 11.1. The van der Waals surface area contributed by atoms with Gasteiger partial charge in [0.2, 0.25) is 5.91 Å². The van der Waals surface area contributed by atoms with Gasteiger partial charge in [-0.25, -0.2) is 4.98 Å². The van der Waals surface area contributed by atoms with Crippen LogP contribution in [0, 0.1) is 0 Å². The van der Waals surface area contributed by atoms with Crippen molar-refractivity contribution in [2.75, 3.05) is 11.1 Å². The van der Waals surface area contributed by atoms with Gasteiger partial charge in [-0.2, -0.15) is 0 Å².